The van der Waals surface area contributed by atoms with Crippen LogP contribution in [0.4, 0.5) is 0 Å². The van der Waals surface area contributed by atoms with Crippen LogP contribution < -0.4 is 5.32 Å². The van der Waals surface area contributed by atoms with Crippen LogP contribution in [0.25, 0.3) is 0 Å². The third kappa shape index (κ3) is 3.62. The van der Waals surface area contributed by atoms with E-state index in [2.05, 4.69) is 49.5 Å². The Morgan fingerprint density at radius 3 is 2.38 bits per heavy atom. The van der Waals surface area contributed by atoms with E-state index in [1.54, 1.807) is 7.11 Å². The van der Waals surface area contributed by atoms with Gasteiger partial charge in [-0.15, -0.1) is 0 Å². The molecule has 0 heterocycles. The zero-order valence-electron chi connectivity index (χ0n) is 10.6. The molecule has 1 aromatic carbocycles. The second-order valence-corrected chi connectivity index (χ2v) is 4.04. The molecule has 0 fully saturated rings. The maximum Gasteiger partial charge on any atom is 0.0545 e. The van der Waals surface area contributed by atoms with E-state index in [4.69, 9.17) is 4.74 Å². The van der Waals surface area contributed by atoms with Crippen molar-refractivity contribution in [1.29, 1.82) is 0 Å². The van der Waals surface area contributed by atoms with Gasteiger partial charge in [-0.2, -0.15) is 0 Å². The summed E-state index contributed by atoms with van der Waals surface area (Å²) in [5, 5.41) is 3.54. The smallest absolute Gasteiger partial charge is 0.0545 e. The number of hydrogen-bond donors (Lipinski definition) is 1. The number of hydrogen-bond acceptors (Lipinski definition) is 2. The molecule has 2 nitrogen and oxygen atoms in total. The molecule has 90 valence electrons. The molecule has 1 N–H and O–H groups in total. The first-order chi connectivity index (χ1) is 7.83. The average molecular weight is 221 g/mol. The highest BCUT2D eigenvalue weighted by molar-refractivity contribution is 5.21. The lowest BCUT2D eigenvalue weighted by molar-refractivity contribution is 0.162. The van der Waals surface area contributed by atoms with Crippen molar-refractivity contribution < 1.29 is 4.74 Å². The summed E-state index contributed by atoms with van der Waals surface area (Å²) in [6.07, 6.45) is 1.12. The van der Waals surface area contributed by atoms with Crippen molar-refractivity contribution in [3.8, 4) is 0 Å². The fourth-order valence-electron chi connectivity index (χ4n) is 2.16. The maximum atomic E-state index is 5.35. The molecule has 2 heteroatoms. The number of nitrogens with one attached hydrogen (secondary N) is 1. The Kier molecular flexibility index (Phi) is 6.12. The molecule has 0 spiro atoms. The summed E-state index contributed by atoms with van der Waals surface area (Å²) < 4.78 is 5.35. The molecule has 2 unspecified atom stereocenters. The van der Waals surface area contributed by atoms with Crippen molar-refractivity contribution in [3.05, 3.63) is 35.9 Å². The lowest BCUT2D eigenvalue weighted by Crippen LogP contribution is -2.36. The molecular formula is C14H23NO. The van der Waals surface area contributed by atoms with E-state index >= 15 is 0 Å². The molecule has 0 saturated carbocycles. The van der Waals surface area contributed by atoms with Gasteiger partial charge >= 0.3 is 0 Å². The first-order valence-electron chi connectivity index (χ1n) is 6.10. The minimum absolute atomic E-state index is 0.441. The highest BCUT2D eigenvalue weighted by Gasteiger charge is 2.20. The number of ether oxygens (including phenoxy) is 1. The van der Waals surface area contributed by atoms with Crippen LogP contribution in [0.15, 0.2) is 30.3 Å². The van der Waals surface area contributed by atoms with Gasteiger partial charge in [0.1, 0.15) is 0 Å². The highest BCUT2D eigenvalue weighted by Crippen LogP contribution is 2.21. The van der Waals surface area contributed by atoms with Crippen LogP contribution in [-0.2, 0) is 4.74 Å². The molecule has 0 bridgehead atoms. The minimum Gasteiger partial charge on any atom is -0.384 e. The van der Waals surface area contributed by atoms with Crippen LogP contribution in [0.1, 0.15) is 31.7 Å². The summed E-state index contributed by atoms with van der Waals surface area (Å²) in [6, 6.07) is 11.1. The average Bonchev–Trinajstić information content (AvgIpc) is 2.35. The van der Waals surface area contributed by atoms with Crippen molar-refractivity contribution in [2.24, 2.45) is 0 Å². The molecule has 1 rings (SSSR count). The van der Waals surface area contributed by atoms with Crippen molar-refractivity contribution in [1.82, 2.24) is 5.32 Å². The van der Waals surface area contributed by atoms with E-state index in [9.17, 15) is 0 Å². The topological polar surface area (TPSA) is 21.3 Å². The molecule has 1 aromatic rings. The molecule has 0 aliphatic heterocycles. The molecule has 0 aliphatic carbocycles. The summed E-state index contributed by atoms with van der Waals surface area (Å²) in [5.74, 6) is 0.441. The fourth-order valence-corrected chi connectivity index (χ4v) is 2.16. The van der Waals surface area contributed by atoms with Gasteiger partial charge in [0.05, 0.1) is 6.61 Å². The molecule has 16 heavy (non-hydrogen) atoms. The van der Waals surface area contributed by atoms with Crippen LogP contribution in [0, 0.1) is 0 Å². The summed E-state index contributed by atoms with van der Waals surface area (Å²) in [6.45, 7) is 6.15. The Hall–Kier alpha value is -0.860. The van der Waals surface area contributed by atoms with Gasteiger partial charge in [0.15, 0.2) is 0 Å². The summed E-state index contributed by atoms with van der Waals surface area (Å²) in [7, 11) is 1.77. The van der Waals surface area contributed by atoms with Gasteiger partial charge in [-0.1, -0.05) is 44.2 Å². The van der Waals surface area contributed by atoms with Crippen LogP contribution in [0.3, 0.4) is 0 Å². The quantitative estimate of drug-likeness (QED) is 0.764. The molecular weight excluding hydrogens is 198 g/mol. The predicted octanol–water partition coefficient (Wildman–Crippen LogP) is 2.80. The van der Waals surface area contributed by atoms with Gasteiger partial charge in [-0.25, -0.2) is 0 Å². The first kappa shape index (κ1) is 13.2. The molecule has 0 aliphatic rings. The van der Waals surface area contributed by atoms with Gasteiger partial charge < -0.3 is 10.1 Å². The molecule has 0 aromatic heterocycles. The summed E-state index contributed by atoms with van der Waals surface area (Å²) in [5.41, 5.74) is 1.36. The Morgan fingerprint density at radius 2 is 1.88 bits per heavy atom. The minimum atomic E-state index is 0.441. The van der Waals surface area contributed by atoms with E-state index in [1.807, 2.05) is 0 Å². The predicted molar refractivity (Wildman–Crippen MR) is 68.8 cm³/mol. The first-order valence-corrected chi connectivity index (χ1v) is 6.10. The summed E-state index contributed by atoms with van der Waals surface area (Å²) >= 11 is 0. The standard InChI is InChI=1S/C14H23NO/c1-4-14(15-5-2)13(11-16-3)12-9-7-6-8-10-12/h6-10,13-15H,4-5,11H2,1-3H3. The lowest BCUT2D eigenvalue weighted by atomic mass is 9.90. The van der Waals surface area contributed by atoms with Gasteiger partial charge in [0, 0.05) is 19.1 Å². The number of rotatable bonds is 7. The third-order valence-electron chi connectivity index (χ3n) is 2.97. The lowest BCUT2D eigenvalue weighted by Gasteiger charge is -2.26. The van der Waals surface area contributed by atoms with Crippen molar-refractivity contribution >= 4 is 0 Å². The van der Waals surface area contributed by atoms with Crippen molar-refractivity contribution in [3.63, 3.8) is 0 Å². The van der Waals surface area contributed by atoms with Gasteiger partial charge in [0.25, 0.3) is 0 Å². The monoisotopic (exact) mass is 221 g/mol. The fraction of sp³-hybridized carbons (Fsp3) is 0.571. The zero-order valence-corrected chi connectivity index (χ0v) is 10.6. The van der Waals surface area contributed by atoms with E-state index in [0.717, 1.165) is 19.6 Å². The van der Waals surface area contributed by atoms with Crippen molar-refractivity contribution in [2.75, 3.05) is 20.3 Å². The van der Waals surface area contributed by atoms with E-state index in [1.165, 1.54) is 5.56 Å². The highest BCUT2D eigenvalue weighted by atomic mass is 16.5. The summed E-state index contributed by atoms with van der Waals surface area (Å²) in [4.78, 5) is 0. The van der Waals surface area contributed by atoms with Crippen LogP contribution in [0.5, 0.6) is 0 Å². The van der Waals surface area contributed by atoms with Gasteiger partial charge in [-0.05, 0) is 18.5 Å². The van der Waals surface area contributed by atoms with Crippen molar-refractivity contribution in [2.45, 2.75) is 32.2 Å². The SMILES string of the molecule is CCNC(CC)C(COC)c1ccccc1. The molecule has 0 saturated heterocycles. The Labute approximate surface area is 99.0 Å². The number of likely N-dealkylation sites (N-methyl/N-ethyl adjacent to an activating group) is 1. The van der Waals surface area contributed by atoms with E-state index < -0.39 is 0 Å². The second kappa shape index (κ2) is 7.42. The third-order valence-corrected chi connectivity index (χ3v) is 2.97. The van der Waals surface area contributed by atoms with E-state index in [-0.39, 0.29) is 0 Å². The Balaban J connectivity index is 2.80. The number of methoxy groups -OCH3 is 1. The van der Waals surface area contributed by atoms with Crippen LogP contribution in [-0.4, -0.2) is 26.3 Å². The molecule has 2 atom stereocenters. The molecule has 0 radical (unpaired) electrons. The Morgan fingerprint density at radius 1 is 1.19 bits per heavy atom. The van der Waals surface area contributed by atoms with E-state index in [0.29, 0.717) is 12.0 Å². The van der Waals surface area contributed by atoms with Crippen LogP contribution in [0.2, 0.25) is 0 Å². The Bertz CT molecular complexity index is 273. The largest absolute Gasteiger partial charge is 0.384 e. The zero-order chi connectivity index (χ0) is 11.8. The maximum absolute atomic E-state index is 5.35. The normalized spacial score (nSPS) is 14.7. The molecule has 0 amide bonds. The van der Waals surface area contributed by atoms with Crippen LogP contribution >= 0.6 is 0 Å². The van der Waals surface area contributed by atoms with Gasteiger partial charge in [0.2, 0.25) is 0 Å². The second-order valence-electron chi connectivity index (χ2n) is 4.04. The number of benzene rings is 1. The van der Waals surface area contributed by atoms with Gasteiger partial charge in [-0.3, -0.25) is 0 Å².